The van der Waals surface area contributed by atoms with Gasteiger partial charge >= 0.3 is 5.69 Å². The highest BCUT2D eigenvalue weighted by Crippen LogP contribution is 2.09. The summed E-state index contributed by atoms with van der Waals surface area (Å²) in [7, 11) is -3.70. The summed E-state index contributed by atoms with van der Waals surface area (Å²) in [5.74, 6) is 0. The van der Waals surface area contributed by atoms with Crippen LogP contribution in [0.3, 0.4) is 0 Å². The van der Waals surface area contributed by atoms with E-state index in [0.717, 1.165) is 5.56 Å². The largest absolute Gasteiger partial charge is 0.342 e. The van der Waals surface area contributed by atoms with E-state index < -0.39 is 10.0 Å². The van der Waals surface area contributed by atoms with Crippen LogP contribution in [0.1, 0.15) is 5.56 Å². The summed E-state index contributed by atoms with van der Waals surface area (Å²) < 4.78 is 23.7. The number of nitrogens with two attached hydrogens (primary N) is 1. The zero-order valence-electron chi connectivity index (χ0n) is 9.08. The Balaban J connectivity index is 2.33. The average molecular weight is 286 g/mol. The van der Waals surface area contributed by atoms with Crippen LogP contribution < -0.4 is 10.8 Å². The van der Waals surface area contributed by atoms with E-state index in [1.54, 1.807) is 12.1 Å². The number of benzene rings is 1. The molecule has 4 N–H and O–H groups in total. The van der Waals surface area contributed by atoms with Crippen LogP contribution in [0, 0.1) is 4.77 Å². The molecule has 0 radical (unpaired) electrons. The molecule has 1 heterocycles. The Kier molecular flexibility index (Phi) is 3.20. The van der Waals surface area contributed by atoms with Crippen LogP contribution in [0.5, 0.6) is 0 Å². The van der Waals surface area contributed by atoms with E-state index in [-0.39, 0.29) is 21.9 Å². The van der Waals surface area contributed by atoms with Gasteiger partial charge in [-0.1, -0.05) is 12.1 Å². The molecule has 0 bridgehead atoms. The van der Waals surface area contributed by atoms with Gasteiger partial charge in [-0.25, -0.2) is 23.4 Å². The lowest BCUT2D eigenvalue weighted by Crippen LogP contribution is -2.17. The summed E-state index contributed by atoms with van der Waals surface area (Å²) in [6, 6.07) is 5.92. The van der Waals surface area contributed by atoms with Crippen LogP contribution in [0.4, 0.5) is 0 Å². The highest BCUT2D eigenvalue weighted by Gasteiger charge is 2.07. The number of sulfonamides is 1. The fourth-order valence-corrected chi connectivity index (χ4v) is 2.16. The number of aromatic amines is 2. The van der Waals surface area contributed by atoms with E-state index in [4.69, 9.17) is 17.4 Å². The lowest BCUT2D eigenvalue weighted by molar-refractivity contribution is 0.597. The summed E-state index contributed by atoms with van der Waals surface area (Å²) >= 11 is 4.92. The zero-order chi connectivity index (χ0) is 13.3. The normalized spacial score (nSPS) is 11.6. The third-order valence-corrected chi connectivity index (χ3v) is 3.61. The number of aromatic nitrogens is 3. The summed E-state index contributed by atoms with van der Waals surface area (Å²) in [4.78, 5) is 11.4. The molecule has 0 fully saturated rings. The van der Waals surface area contributed by atoms with E-state index in [1.165, 1.54) is 16.7 Å². The van der Waals surface area contributed by atoms with E-state index in [9.17, 15) is 13.2 Å². The molecule has 0 amide bonds. The molecule has 0 unspecified atom stereocenters. The van der Waals surface area contributed by atoms with Crippen molar-refractivity contribution in [3.63, 3.8) is 0 Å². The highest BCUT2D eigenvalue weighted by molar-refractivity contribution is 7.89. The Morgan fingerprint density at radius 3 is 2.28 bits per heavy atom. The monoisotopic (exact) mass is 286 g/mol. The Morgan fingerprint density at radius 2 is 1.83 bits per heavy atom. The van der Waals surface area contributed by atoms with Crippen LogP contribution in [0.15, 0.2) is 34.0 Å². The Labute approximate surface area is 107 Å². The van der Waals surface area contributed by atoms with Crippen LogP contribution in [0.2, 0.25) is 0 Å². The summed E-state index contributed by atoms with van der Waals surface area (Å²) in [6.07, 6.45) is 0. The lowest BCUT2D eigenvalue weighted by Gasteiger charge is -2.02. The first-order valence-electron chi connectivity index (χ1n) is 4.87. The molecule has 1 aromatic heterocycles. The van der Waals surface area contributed by atoms with Gasteiger partial charge in [-0.05, 0) is 29.9 Å². The summed E-state index contributed by atoms with van der Waals surface area (Å²) in [5, 5.41) is 9.85. The molecule has 2 rings (SSSR count). The second kappa shape index (κ2) is 4.52. The molecule has 18 heavy (non-hydrogen) atoms. The lowest BCUT2D eigenvalue weighted by atomic mass is 10.2. The minimum absolute atomic E-state index is 0.0258. The number of nitrogens with one attached hydrogen (secondary N) is 2. The number of rotatable bonds is 3. The van der Waals surface area contributed by atoms with E-state index in [2.05, 4.69) is 10.2 Å². The SMILES string of the molecule is NS(=O)(=O)c1ccc(Cn2c(=O)[nH][nH]c2=S)cc1. The van der Waals surface area contributed by atoms with E-state index >= 15 is 0 Å². The van der Waals surface area contributed by atoms with Crippen molar-refractivity contribution in [3.8, 4) is 0 Å². The van der Waals surface area contributed by atoms with E-state index in [1.807, 2.05) is 0 Å². The molecule has 0 saturated heterocycles. The van der Waals surface area contributed by atoms with Gasteiger partial charge in [0.1, 0.15) is 0 Å². The molecule has 0 atom stereocenters. The van der Waals surface area contributed by atoms with Crippen molar-refractivity contribution >= 4 is 22.2 Å². The van der Waals surface area contributed by atoms with Gasteiger partial charge < -0.3 is 0 Å². The topological polar surface area (TPSA) is 114 Å². The molecule has 1 aromatic carbocycles. The molecule has 0 spiro atoms. The van der Waals surface area contributed by atoms with Gasteiger partial charge in [0.2, 0.25) is 10.0 Å². The maximum atomic E-state index is 11.4. The predicted molar refractivity (Wildman–Crippen MR) is 67.2 cm³/mol. The van der Waals surface area contributed by atoms with Crippen molar-refractivity contribution < 1.29 is 8.42 Å². The number of nitrogens with zero attached hydrogens (tertiary/aromatic N) is 1. The average Bonchev–Trinajstić information content (AvgIpc) is 2.60. The van der Waals surface area contributed by atoms with Crippen molar-refractivity contribution in [1.29, 1.82) is 0 Å². The van der Waals surface area contributed by atoms with Gasteiger partial charge in [0, 0.05) is 0 Å². The molecule has 0 aliphatic rings. The van der Waals surface area contributed by atoms with Gasteiger partial charge in [-0.3, -0.25) is 9.67 Å². The van der Waals surface area contributed by atoms with Crippen molar-refractivity contribution in [2.24, 2.45) is 5.14 Å². The van der Waals surface area contributed by atoms with Gasteiger partial charge in [0.25, 0.3) is 0 Å². The fourth-order valence-electron chi connectivity index (χ4n) is 1.44. The second-order valence-corrected chi connectivity index (χ2v) is 5.58. The minimum Gasteiger partial charge on any atom is -0.272 e. The number of hydrogen-bond donors (Lipinski definition) is 3. The molecule has 2 aromatic rings. The Hall–Kier alpha value is -1.71. The van der Waals surface area contributed by atoms with Crippen molar-refractivity contribution in [2.75, 3.05) is 0 Å². The standard InChI is InChI=1S/C9H10N4O3S2/c10-18(15,16)7-3-1-6(2-4-7)5-13-8(14)11-12-9(13)17/h1-4H,5H2,(H,11,14)(H,12,17)(H2,10,15,16). The van der Waals surface area contributed by atoms with Crippen molar-refractivity contribution in [3.05, 3.63) is 45.1 Å². The molecular weight excluding hydrogens is 276 g/mol. The number of primary sulfonamides is 1. The molecule has 96 valence electrons. The van der Waals surface area contributed by atoms with Crippen LogP contribution in [-0.4, -0.2) is 23.2 Å². The van der Waals surface area contributed by atoms with Crippen LogP contribution in [0.25, 0.3) is 0 Å². The van der Waals surface area contributed by atoms with Crippen LogP contribution >= 0.6 is 12.2 Å². The number of hydrogen-bond acceptors (Lipinski definition) is 4. The van der Waals surface area contributed by atoms with Crippen molar-refractivity contribution in [2.45, 2.75) is 11.4 Å². The minimum atomic E-state index is -3.70. The zero-order valence-corrected chi connectivity index (χ0v) is 10.7. The third kappa shape index (κ3) is 2.58. The van der Waals surface area contributed by atoms with Crippen LogP contribution in [-0.2, 0) is 16.6 Å². The quantitative estimate of drug-likeness (QED) is 0.685. The van der Waals surface area contributed by atoms with Gasteiger partial charge in [0.15, 0.2) is 4.77 Å². The fraction of sp³-hybridized carbons (Fsp3) is 0.111. The Bertz CT molecular complexity index is 740. The van der Waals surface area contributed by atoms with Gasteiger partial charge in [0.05, 0.1) is 11.4 Å². The Morgan fingerprint density at radius 1 is 1.22 bits per heavy atom. The molecule has 9 heteroatoms. The number of H-pyrrole nitrogens is 2. The molecule has 0 saturated carbocycles. The summed E-state index contributed by atoms with van der Waals surface area (Å²) in [5.41, 5.74) is 0.388. The predicted octanol–water partition coefficient (Wildman–Crippen LogP) is -0.0703. The van der Waals surface area contributed by atoms with Crippen molar-refractivity contribution in [1.82, 2.24) is 14.8 Å². The first-order chi connectivity index (χ1) is 8.38. The summed E-state index contributed by atoms with van der Waals surface area (Å²) in [6.45, 7) is 0.253. The molecule has 0 aliphatic carbocycles. The molecular formula is C9H10N4O3S2. The second-order valence-electron chi connectivity index (χ2n) is 3.64. The van der Waals surface area contributed by atoms with Gasteiger partial charge in [-0.15, -0.1) is 0 Å². The van der Waals surface area contributed by atoms with E-state index in [0.29, 0.717) is 0 Å². The maximum absolute atomic E-state index is 11.4. The highest BCUT2D eigenvalue weighted by atomic mass is 32.2. The van der Waals surface area contributed by atoms with Gasteiger partial charge in [-0.2, -0.15) is 0 Å². The maximum Gasteiger partial charge on any atom is 0.342 e. The first-order valence-corrected chi connectivity index (χ1v) is 6.82. The third-order valence-electron chi connectivity index (χ3n) is 2.36. The molecule has 0 aliphatic heterocycles. The first kappa shape index (κ1) is 12.7. The smallest absolute Gasteiger partial charge is 0.272 e. The molecule has 7 nitrogen and oxygen atoms in total.